The lowest BCUT2D eigenvalue weighted by Crippen LogP contribution is -2.23. The Labute approximate surface area is 163 Å². The van der Waals surface area contributed by atoms with Crippen LogP contribution in [0.5, 0.6) is 0 Å². The second kappa shape index (κ2) is 7.66. The summed E-state index contributed by atoms with van der Waals surface area (Å²) >= 11 is 1.03. The molecular weight excluding hydrogens is 408 g/mol. The average Bonchev–Trinajstić information content (AvgIpc) is 3.18. The van der Waals surface area contributed by atoms with Gasteiger partial charge in [-0.1, -0.05) is 16.5 Å². The summed E-state index contributed by atoms with van der Waals surface area (Å²) < 4.78 is 35.0. The van der Waals surface area contributed by atoms with Crippen LogP contribution in [0.4, 0.5) is 0 Å². The van der Waals surface area contributed by atoms with E-state index in [4.69, 9.17) is 14.4 Å². The van der Waals surface area contributed by atoms with Crippen molar-refractivity contribution in [2.75, 3.05) is 6.61 Å². The summed E-state index contributed by atoms with van der Waals surface area (Å²) in [6.45, 7) is 3.31. The van der Waals surface area contributed by atoms with Gasteiger partial charge < -0.3 is 13.8 Å². The summed E-state index contributed by atoms with van der Waals surface area (Å²) in [5, 5.41) is 8.79. The highest BCUT2D eigenvalue weighted by molar-refractivity contribution is 7.89. The monoisotopic (exact) mass is 424 g/mol. The van der Waals surface area contributed by atoms with E-state index in [0.717, 1.165) is 11.3 Å². The lowest BCUT2D eigenvalue weighted by atomic mass is 10.3. The molecule has 10 nitrogen and oxygen atoms in total. The number of aryl methyl sites for hydroxylation is 1. The summed E-state index contributed by atoms with van der Waals surface area (Å²) in [6, 6.07) is 5.61. The molecule has 0 saturated carbocycles. The number of amides is 1. The van der Waals surface area contributed by atoms with Crippen LogP contribution in [0.3, 0.4) is 0 Å². The Morgan fingerprint density at radius 2 is 2.11 bits per heavy atom. The molecule has 1 aromatic carbocycles. The van der Waals surface area contributed by atoms with E-state index >= 15 is 0 Å². The van der Waals surface area contributed by atoms with Gasteiger partial charge in [-0.2, -0.15) is 4.99 Å². The summed E-state index contributed by atoms with van der Waals surface area (Å²) in [4.78, 5) is 28.5. The number of fused-ring (bicyclic) bond motifs is 1. The summed E-state index contributed by atoms with van der Waals surface area (Å²) in [6.07, 6.45) is 0. The van der Waals surface area contributed by atoms with E-state index in [2.05, 4.69) is 10.1 Å². The van der Waals surface area contributed by atoms with Gasteiger partial charge in [-0.05, 0) is 32.0 Å². The highest BCUT2D eigenvalue weighted by Gasteiger charge is 2.17. The van der Waals surface area contributed by atoms with Crippen molar-refractivity contribution in [3.05, 3.63) is 40.5 Å². The number of sulfonamides is 1. The van der Waals surface area contributed by atoms with Crippen molar-refractivity contribution < 1.29 is 27.3 Å². The number of rotatable bonds is 5. The van der Waals surface area contributed by atoms with Crippen LogP contribution >= 0.6 is 11.3 Å². The molecule has 2 aromatic heterocycles. The number of carbonyl (C=O) groups is 2. The van der Waals surface area contributed by atoms with Crippen LogP contribution in [-0.2, 0) is 26.1 Å². The van der Waals surface area contributed by atoms with E-state index in [-0.39, 0.29) is 28.5 Å². The lowest BCUT2D eigenvalue weighted by Gasteiger charge is -2.05. The molecular formula is C16H16N4O6S2. The predicted octanol–water partition coefficient (Wildman–Crippen LogP) is 0.951. The Balaban J connectivity index is 2.16. The van der Waals surface area contributed by atoms with Crippen LogP contribution in [0.2, 0.25) is 0 Å². The number of aromatic nitrogens is 2. The van der Waals surface area contributed by atoms with Gasteiger partial charge in [-0.25, -0.2) is 13.6 Å². The molecule has 0 aliphatic rings. The van der Waals surface area contributed by atoms with Gasteiger partial charge in [0.2, 0.25) is 10.0 Å². The van der Waals surface area contributed by atoms with Crippen molar-refractivity contribution in [2.24, 2.45) is 10.1 Å². The van der Waals surface area contributed by atoms with Crippen molar-refractivity contribution in [1.29, 1.82) is 0 Å². The van der Waals surface area contributed by atoms with Crippen molar-refractivity contribution in [3.8, 4) is 0 Å². The minimum atomic E-state index is -3.91. The van der Waals surface area contributed by atoms with Crippen LogP contribution < -0.4 is 9.94 Å². The van der Waals surface area contributed by atoms with Crippen LogP contribution in [0.1, 0.15) is 23.2 Å². The van der Waals surface area contributed by atoms with Gasteiger partial charge in [-0.3, -0.25) is 9.59 Å². The highest BCUT2D eigenvalue weighted by atomic mass is 32.2. The number of hydrogen-bond donors (Lipinski definition) is 1. The number of ether oxygens (including phenoxy) is 1. The van der Waals surface area contributed by atoms with Crippen molar-refractivity contribution in [2.45, 2.75) is 25.3 Å². The molecule has 1 amide bonds. The van der Waals surface area contributed by atoms with Gasteiger partial charge in [0.05, 0.1) is 21.7 Å². The Bertz CT molecular complexity index is 1240. The Hall–Kier alpha value is -2.83. The molecule has 3 aromatic rings. The molecule has 0 radical (unpaired) electrons. The summed E-state index contributed by atoms with van der Waals surface area (Å²) in [7, 11) is -3.91. The summed E-state index contributed by atoms with van der Waals surface area (Å²) in [5.74, 6) is -0.733. The van der Waals surface area contributed by atoms with Crippen LogP contribution in [0.25, 0.3) is 10.2 Å². The zero-order chi connectivity index (χ0) is 20.5. The van der Waals surface area contributed by atoms with E-state index in [1.807, 2.05) is 0 Å². The first kappa shape index (κ1) is 19.9. The molecule has 0 bridgehead atoms. The largest absolute Gasteiger partial charge is 0.465 e. The standard InChI is InChI=1S/C16H16N4O6S2/c1-3-25-14(21)8-20-12-5-4-10(28(17,23)24)7-13(12)27-16(20)18-15(22)11-6-9(2)26-19-11/h4-7H,3,8H2,1-2H3,(H2,17,23,24). The fourth-order valence-corrected chi connectivity index (χ4v) is 4.10. The van der Waals surface area contributed by atoms with Gasteiger partial charge in [0, 0.05) is 6.07 Å². The second-order valence-electron chi connectivity index (χ2n) is 5.69. The van der Waals surface area contributed by atoms with Crippen LogP contribution in [0.15, 0.2) is 38.7 Å². The fraction of sp³-hybridized carbons (Fsp3) is 0.250. The number of esters is 1. The molecule has 0 aliphatic carbocycles. The van der Waals surface area contributed by atoms with Crippen molar-refractivity contribution in [3.63, 3.8) is 0 Å². The molecule has 0 spiro atoms. The highest BCUT2D eigenvalue weighted by Crippen LogP contribution is 2.21. The van der Waals surface area contributed by atoms with E-state index in [9.17, 15) is 18.0 Å². The first-order valence-electron chi connectivity index (χ1n) is 8.03. The van der Waals surface area contributed by atoms with Crippen molar-refractivity contribution >= 4 is 43.5 Å². The van der Waals surface area contributed by atoms with Crippen LogP contribution in [-0.4, -0.2) is 36.6 Å². The van der Waals surface area contributed by atoms with Gasteiger partial charge in [0.1, 0.15) is 12.3 Å². The zero-order valence-electron chi connectivity index (χ0n) is 14.9. The Morgan fingerprint density at radius 3 is 2.71 bits per heavy atom. The SMILES string of the molecule is CCOC(=O)Cn1c(=NC(=O)c2cc(C)on2)sc2cc(S(N)(=O)=O)ccc21. The van der Waals surface area contributed by atoms with Gasteiger partial charge in [-0.15, -0.1) is 0 Å². The summed E-state index contributed by atoms with van der Waals surface area (Å²) in [5.41, 5.74) is 0.524. The molecule has 2 heterocycles. The molecule has 0 aliphatic heterocycles. The Morgan fingerprint density at radius 1 is 1.36 bits per heavy atom. The topological polar surface area (TPSA) is 147 Å². The number of hydrogen-bond acceptors (Lipinski definition) is 8. The third-order valence-electron chi connectivity index (χ3n) is 3.62. The molecule has 0 fully saturated rings. The lowest BCUT2D eigenvalue weighted by molar-refractivity contribution is -0.143. The van der Waals surface area contributed by atoms with E-state index < -0.39 is 21.9 Å². The number of primary sulfonamides is 1. The van der Waals surface area contributed by atoms with Gasteiger partial charge in [0.25, 0.3) is 0 Å². The minimum Gasteiger partial charge on any atom is -0.465 e. The third kappa shape index (κ3) is 4.18. The van der Waals surface area contributed by atoms with E-state index in [1.54, 1.807) is 13.8 Å². The smallest absolute Gasteiger partial charge is 0.326 e. The second-order valence-corrected chi connectivity index (χ2v) is 8.26. The Kier molecular flexibility index (Phi) is 5.45. The molecule has 2 N–H and O–H groups in total. The van der Waals surface area contributed by atoms with Gasteiger partial charge >= 0.3 is 11.9 Å². The maximum Gasteiger partial charge on any atom is 0.326 e. The average molecular weight is 424 g/mol. The minimum absolute atomic E-state index is 0.0165. The quantitative estimate of drug-likeness (QED) is 0.600. The molecule has 0 atom stereocenters. The normalized spacial score (nSPS) is 12.5. The number of nitrogens with zero attached hydrogens (tertiary/aromatic N) is 3. The van der Waals surface area contributed by atoms with Gasteiger partial charge in [0.15, 0.2) is 10.5 Å². The molecule has 12 heteroatoms. The molecule has 28 heavy (non-hydrogen) atoms. The maximum atomic E-state index is 12.4. The zero-order valence-corrected chi connectivity index (χ0v) is 16.5. The predicted molar refractivity (Wildman–Crippen MR) is 99.0 cm³/mol. The maximum absolute atomic E-state index is 12.4. The third-order valence-corrected chi connectivity index (χ3v) is 5.57. The van der Waals surface area contributed by atoms with Crippen LogP contribution in [0, 0.1) is 6.92 Å². The number of nitrogens with two attached hydrogens (primary N) is 1. The van der Waals surface area contributed by atoms with Crippen molar-refractivity contribution in [1.82, 2.24) is 9.72 Å². The number of benzene rings is 1. The molecule has 3 rings (SSSR count). The molecule has 0 saturated heterocycles. The van der Waals surface area contributed by atoms with E-state index in [1.165, 1.54) is 28.8 Å². The molecule has 0 unspecified atom stereocenters. The fourth-order valence-electron chi connectivity index (χ4n) is 2.42. The first-order valence-corrected chi connectivity index (χ1v) is 10.4. The van der Waals surface area contributed by atoms with E-state index in [0.29, 0.717) is 16.0 Å². The number of carbonyl (C=O) groups excluding carboxylic acids is 2. The molecule has 148 valence electrons. The first-order chi connectivity index (χ1) is 13.2. The number of thiazole rings is 1.